The quantitative estimate of drug-likeness (QED) is 0.561. The maximum absolute atomic E-state index is 12.0. The van der Waals surface area contributed by atoms with Crippen molar-refractivity contribution < 1.29 is 9.59 Å². The lowest BCUT2D eigenvalue weighted by atomic mass is 10.1. The van der Waals surface area contributed by atoms with Gasteiger partial charge in [0, 0.05) is 24.7 Å². The molecule has 0 spiro atoms. The summed E-state index contributed by atoms with van der Waals surface area (Å²) in [5.74, 6) is -0.447. The standard InChI is InChI=1S/C21H25N3O2/c1-16-10-11-19(17(2)15-16)23-20(25)12-13-21(26)24-22-14-6-9-18-7-4-3-5-8-18/h3-5,7-8,10-11,14-15H,6,9,12-13H2,1-2H3,(H,23,25)(H,24,26)/b22-14+. The average molecular weight is 351 g/mol. The van der Waals surface area contributed by atoms with Gasteiger partial charge in [0.05, 0.1) is 0 Å². The number of amides is 2. The highest BCUT2D eigenvalue weighted by molar-refractivity contribution is 5.93. The van der Waals surface area contributed by atoms with Gasteiger partial charge in [-0.15, -0.1) is 0 Å². The van der Waals surface area contributed by atoms with Crippen LogP contribution in [0.5, 0.6) is 0 Å². The van der Waals surface area contributed by atoms with Crippen molar-refractivity contribution in [1.82, 2.24) is 5.43 Å². The molecule has 0 aliphatic rings. The molecule has 136 valence electrons. The molecule has 5 nitrogen and oxygen atoms in total. The lowest BCUT2D eigenvalue weighted by molar-refractivity contribution is -0.124. The molecule has 0 radical (unpaired) electrons. The molecule has 0 unspecified atom stereocenters. The lowest BCUT2D eigenvalue weighted by Crippen LogP contribution is -2.20. The van der Waals surface area contributed by atoms with Crippen LogP contribution in [0.25, 0.3) is 0 Å². The van der Waals surface area contributed by atoms with E-state index in [0.717, 1.165) is 29.7 Å². The Hall–Kier alpha value is -2.95. The molecular weight excluding hydrogens is 326 g/mol. The van der Waals surface area contributed by atoms with Crippen molar-refractivity contribution in [2.45, 2.75) is 39.5 Å². The molecule has 0 saturated heterocycles. The summed E-state index contributed by atoms with van der Waals surface area (Å²) in [4.78, 5) is 23.7. The van der Waals surface area contributed by atoms with Crippen LogP contribution in [0.4, 0.5) is 5.69 Å². The van der Waals surface area contributed by atoms with Gasteiger partial charge in [-0.2, -0.15) is 5.10 Å². The van der Waals surface area contributed by atoms with E-state index in [-0.39, 0.29) is 24.7 Å². The number of benzene rings is 2. The third-order valence-electron chi connectivity index (χ3n) is 3.92. The van der Waals surface area contributed by atoms with E-state index in [4.69, 9.17) is 0 Å². The minimum absolute atomic E-state index is 0.104. The number of carbonyl (C=O) groups excluding carboxylic acids is 2. The predicted molar refractivity (Wildman–Crippen MR) is 105 cm³/mol. The second-order valence-corrected chi connectivity index (χ2v) is 6.24. The molecule has 0 bridgehead atoms. The zero-order valence-corrected chi connectivity index (χ0v) is 15.3. The number of hydrogen-bond donors (Lipinski definition) is 2. The Morgan fingerprint density at radius 2 is 1.73 bits per heavy atom. The number of nitrogens with zero attached hydrogens (tertiary/aromatic N) is 1. The van der Waals surface area contributed by atoms with E-state index in [2.05, 4.69) is 28.0 Å². The first kappa shape index (κ1) is 19.4. The topological polar surface area (TPSA) is 70.6 Å². The predicted octanol–water partition coefficient (Wildman–Crippen LogP) is 3.76. The molecule has 0 aliphatic carbocycles. The Labute approximate surface area is 154 Å². The normalized spacial score (nSPS) is 10.7. The first-order valence-electron chi connectivity index (χ1n) is 8.76. The second-order valence-electron chi connectivity index (χ2n) is 6.24. The van der Waals surface area contributed by atoms with Gasteiger partial charge in [-0.05, 0) is 43.9 Å². The van der Waals surface area contributed by atoms with Crippen LogP contribution in [-0.2, 0) is 16.0 Å². The highest BCUT2D eigenvalue weighted by atomic mass is 16.2. The van der Waals surface area contributed by atoms with Gasteiger partial charge in [-0.1, -0.05) is 48.0 Å². The SMILES string of the molecule is Cc1ccc(NC(=O)CCC(=O)N/N=C/CCc2ccccc2)c(C)c1. The number of anilines is 1. The summed E-state index contributed by atoms with van der Waals surface area (Å²) in [5.41, 5.74) is 6.61. The molecule has 2 rings (SSSR count). The van der Waals surface area contributed by atoms with E-state index in [9.17, 15) is 9.59 Å². The molecule has 2 aromatic carbocycles. The van der Waals surface area contributed by atoms with Crippen LogP contribution in [-0.4, -0.2) is 18.0 Å². The highest BCUT2D eigenvalue weighted by Gasteiger charge is 2.08. The van der Waals surface area contributed by atoms with Crippen molar-refractivity contribution in [1.29, 1.82) is 0 Å². The van der Waals surface area contributed by atoms with E-state index >= 15 is 0 Å². The fourth-order valence-electron chi connectivity index (χ4n) is 2.51. The largest absolute Gasteiger partial charge is 0.326 e. The van der Waals surface area contributed by atoms with E-state index in [0.29, 0.717) is 0 Å². The van der Waals surface area contributed by atoms with Gasteiger partial charge in [0.2, 0.25) is 11.8 Å². The van der Waals surface area contributed by atoms with Gasteiger partial charge in [0.15, 0.2) is 0 Å². The fourth-order valence-corrected chi connectivity index (χ4v) is 2.51. The monoisotopic (exact) mass is 351 g/mol. The average Bonchev–Trinajstić information content (AvgIpc) is 2.63. The molecule has 2 aromatic rings. The number of hydrazone groups is 1. The fraction of sp³-hybridized carbons (Fsp3) is 0.286. The highest BCUT2D eigenvalue weighted by Crippen LogP contribution is 2.16. The Morgan fingerprint density at radius 1 is 1.00 bits per heavy atom. The number of nitrogens with one attached hydrogen (secondary N) is 2. The minimum Gasteiger partial charge on any atom is -0.326 e. The minimum atomic E-state index is -0.267. The Kier molecular flexibility index (Phi) is 7.55. The van der Waals surface area contributed by atoms with Gasteiger partial charge < -0.3 is 5.32 Å². The van der Waals surface area contributed by atoms with Crippen LogP contribution >= 0.6 is 0 Å². The molecule has 0 heterocycles. The molecule has 26 heavy (non-hydrogen) atoms. The lowest BCUT2D eigenvalue weighted by Gasteiger charge is -2.08. The molecular formula is C21H25N3O2. The first-order chi connectivity index (χ1) is 12.5. The van der Waals surface area contributed by atoms with E-state index in [1.54, 1.807) is 6.21 Å². The van der Waals surface area contributed by atoms with Gasteiger partial charge in [0.1, 0.15) is 0 Å². The van der Waals surface area contributed by atoms with Crippen molar-refractivity contribution in [2.24, 2.45) is 5.10 Å². The molecule has 0 aliphatic heterocycles. The Bertz CT molecular complexity index is 770. The number of carbonyl (C=O) groups is 2. The van der Waals surface area contributed by atoms with Crippen molar-refractivity contribution in [3.05, 3.63) is 65.2 Å². The summed E-state index contributed by atoms with van der Waals surface area (Å²) in [6, 6.07) is 15.9. The molecule has 0 atom stereocenters. The van der Waals surface area contributed by atoms with Crippen LogP contribution < -0.4 is 10.7 Å². The Morgan fingerprint density at radius 3 is 2.46 bits per heavy atom. The third kappa shape index (κ3) is 6.89. The number of aryl methyl sites for hydroxylation is 3. The van der Waals surface area contributed by atoms with Crippen molar-refractivity contribution >= 4 is 23.7 Å². The molecule has 0 saturated carbocycles. The summed E-state index contributed by atoms with van der Waals surface area (Å²) in [6.45, 7) is 3.95. The van der Waals surface area contributed by atoms with Crippen LogP contribution in [0, 0.1) is 13.8 Å². The second kappa shape index (κ2) is 10.1. The molecule has 5 heteroatoms. The number of rotatable bonds is 8. The van der Waals surface area contributed by atoms with E-state index in [1.165, 1.54) is 5.56 Å². The van der Waals surface area contributed by atoms with Crippen molar-refractivity contribution in [3.8, 4) is 0 Å². The molecule has 2 N–H and O–H groups in total. The van der Waals surface area contributed by atoms with Crippen LogP contribution in [0.2, 0.25) is 0 Å². The van der Waals surface area contributed by atoms with Crippen LogP contribution in [0.15, 0.2) is 53.6 Å². The summed E-state index contributed by atoms with van der Waals surface area (Å²) < 4.78 is 0. The van der Waals surface area contributed by atoms with Crippen LogP contribution in [0.3, 0.4) is 0 Å². The van der Waals surface area contributed by atoms with Crippen LogP contribution in [0.1, 0.15) is 36.0 Å². The summed E-state index contributed by atoms with van der Waals surface area (Å²) in [6.07, 6.45) is 3.53. The van der Waals surface area contributed by atoms with Gasteiger partial charge >= 0.3 is 0 Å². The summed E-state index contributed by atoms with van der Waals surface area (Å²) in [7, 11) is 0. The zero-order chi connectivity index (χ0) is 18.8. The smallest absolute Gasteiger partial charge is 0.240 e. The van der Waals surface area contributed by atoms with Crippen molar-refractivity contribution in [2.75, 3.05) is 5.32 Å². The molecule has 2 amide bonds. The summed E-state index contributed by atoms with van der Waals surface area (Å²) in [5, 5.41) is 6.75. The maximum Gasteiger partial charge on any atom is 0.240 e. The first-order valence-corrected chi connectivity index (χ1v) is 8.76. The van der Waals surface area contributed by atoms with E-state index in [1.807, 2.05) is 50.2 Å². The van der Waals surface area contributed by atoms with Gasteiger partial charge in [0.25, 0.3) is 0 Å². The Balaban J connectivity index is 1.64. The van der Waals surface area contributed by atoms with Crippen molar-refractivity contribution in [3.63, 3.8) is 0 Å². The zero-order valence-electron chi connectivity index (χ0n) is 15.3. The third-order valence-corrected chi connectivity index (χ3v) is 3.92. The van der Waals surface area contributed by atoms with Gasteiger partial charge in [-0.3, -0.25) is 9.59 Å². The number of hydrogen-bond acceptors (Lipinski definition) is 3. The van der Waals surface area contributed by atoms with Gasteiger partial charge in [-0.25, -0.2) is 5.43 Å². The molecule has 0 fully saturated rings. The maximum atomic E-state index is 12.0. The summed E-state index contributed by atoms with van der Waals surface area (Å²) >= 11 is 0. The van der Waals surface area contributed by atoms with E-state index < -0.39 is 0 Å². The molecule has 0 aromatic heterocycles.